The topological polar surface area (TPSA) is 75.7 Å². The van der Waals surface area contributed by atoms with Gasteiger partial charge in [-0.15, -0.1) is 0 Å². The predicted octanol–water partition coefficient (Wildman–Crippen LogP) is 2.80. The molecule has 1 saturated heterocycles. The summed E-state index contributed by atoms with van der Waals surface area (Å²) >= 11 is 0. The number of sulfonamides is 1. The summed E-state index contributed by atoms with van der Waals surface area (Å²) in [7, 11) is -3.53. The first-order valence-corrected chi connectivity index (χ1v) is 10.5. The Hall–Kier alpha value is -2.38. The molecular weight excluding hydrogens is 364 g/mol. The minimum atomic E-state index is -3.53. The summed E-state index contributed by atoms with van der Waals surface area (Å²) < 4.78 is 32.7. The number of ether oxygens (including phenoxy) is 1. The minimum absolute atomic E-state index is 0.0266. The summed E-state index contributed by atoms with van der Waals surface area (Å²) in [6, 6.07) is 14.0. The van der Waals surface area contributed by atoms with E-state index in [1.165, 1.54) is 0 Å². The Kier molecular flexibility index (Phi) is 5.82. The van der Waals surface area contributed by atoms with Gasteiger partial charge in [0.15, 0.2) is 0 Å². The number of anilines is 1. The zero-order chi connectivity index (χ0) is 19.4. The SMILES string of the molecule is Cc1cccc(CS(=O)(=O)Nc2ccc(C(=O)N3CCOCC3C)cc2)c1. The van der Waals surface area contributed by atoms with Crippen molar-refractivity contribution in [1.82, 2.24) is 4.90 Å². The lowest BCUT2D eigenvalue weighted by Gasteiger charge is -2.33. The molecule has 0 radical (unpaired) electrons. The number of nitrogens with zero attached hydrogens (tertiary/aromatic N) is 1. The molecule has 1 N–H and O–H groups in total. The highest BCUT2D eigenvalue weighted by Crippen LogP contribution is 2.17. The van der Waals surface area contributed by atoms with Crippen molar-refractivity contribution in [2.24, 2.45) is 0 Å². The predicted molar refractivity (Wildman–Crippen MR) is 105 cm³/mol. The molecule has 6 nitrogen and oxygen atoms in total. The van der Waals surface area contributed by atoms with Crippen LogP contribution in [0.3, 0.4) is 0 Å². The van der Waals surface area contributed by atoms with Gasteiger partial charge in [0, 0.05) is 17.8 Å². The van der Waals surface area contributed by atoms with Gasteiger partial charge in [0.1, 0.15) is 0 Å². The number of carbonyl (C=O) groups excluding carboxylic acids is 1. The summed E-state index contributed by atoms with van der Waals surface area (Å²) in [4.78, 5) is 14.4. The van der Waals surface area contributed by atoms with E-state index >= 15 is 0 Å². The van der Waals surface area contributed by atoms with Gasteiger partial charge in [0.2, 0.25) is 10.0 Å². The van der Waals surface area contributed by atoms with Gasteiger partial charge in [0.05, 0.1) is 25.0 Å². The largest absolute Gasteiger partial charge is 0.377 e. The smallest absolute Gasteiger partial charge is 0.254 e. The van der Waals surface area contributed by atoms with Crippen molar-refractivity contribution in [3.8, 4) is 0 Å². The van der Waals surface area contributed by atoms with Crippen LogP contribution in [0.4, 0.5) is 5.69 Å². The number of rotatable bonds is 5. The number of aryl methyl sites for hydroxylation is 1. The molecule has 0 aliphatic carbocycles. The first-order chi connectivity index (χ1) is 12.8. The van der Waals surface area contributed by atoms with Crippen LogP contribution < -0.4 is 4.72 Å². The molecule has 2 aromatic carbocycles. The Balaban J connectivity index is 1.67. The molecule has 7 heteroatoms. The van der Waals surface area contributed by atoms with E-state index < -0.39 is 10.0 Å². The van der Waals surface area contributed by atoms with Gasteiger partial charge in [-0.25, -0.2) is 8.42 Å². The molecule has 0 spiro atoms. The van der Waals surface area contributed by atoms with Crippen LogP contribution in [0.15, 0.2) is 48.5 Å². The van der Waals surface area contributed by atoms with Crippen LogP contribution in [0.1, 0.15) is 28.4 Å². The van der Waals surface area contributed by atoms with Crippen molar-refractivity contribution in [1.29, 1.82) is 0 Å². The molecule has 3 rings (SSSR count). The van der Waals surface area contributed by atoms with Crippen molar-refractivity contribution >= 4 is 21.6 Å². The maximum absolute atomic E-state index is 12.6. The number of benzene rings is 2. The fourth-order valence-electron chi connectivity index (χ4n) is 3.11. The Labute approximate surface area is 160 Å². The zero-order valence-electron chi connectivity index (χ0n) is 15.5. The second-order valence-corrected chi connectivity index (χ2v) is 8.57. The average molecular weight is 388 g/mol. The first kappa shape index (κ1) is 19.4. The van der Waals surface area contributed by atoms with Gasteiger partial charge in [-0.1, -0.05) is 29.8 Å². The van der Waals surface area contributed by atoms with Crippen LogP contribution >= 0.6 is 0 Å². The summed E-state index contributed by atoms with van der Waals surface area (Å²) in [5, 5.41) is 0. The number of hydrogen-bond acceptors (Lipinski definition) is 4. The summed E-state index contributed by atoms with van der Waals surface area (Å²) in [5.41, 5.74) is 2.72. The van der Waals surface area contributed by atoms with E-state index in [4.69, 9.17) is 4.74 Å². The standard InChI is InChI=1S/C20H24N2O4S/c1-15-4-3-5-17(12-15)14-27(24,25)21-19-8-6-18(7-9-19)20(23)22-10-11-26-13-16(22)2/h3-9,12,16,21H,10-11,13-14H2,1-2H3. The molecule has 0 saturated carbocycles. The molecule has 1 aliphatic heterocycles. The highest BCUT2D eigenvalue weighted by Gasteiger charge is 2.24. The molecule has 27 heavy (non-hydrogen) atoms. The van der Waals surface area contributed by atoms with Crippen molar-refractivity contribution in [3.63, 3.8) is 0 Å². The van der Waals surface area contributed by atoms with Gasteiger partial charge in [-0.3, -0.25) is 9.52 Å². The van der Waals surface area contributed by atoms with E-state index in [0.717, 1.165) is 11.1 Å². The number of carbonyl (C=O) groups is 1. The Morgan fingerprint density at radius 1 is 1.22 bits per heavy atom. The van der Waals surface area contributed by atoms with Crippen LogP contribution in [0, 0.1) is 6.92 Å². The Morgan fingerprint density at radius 2 is 1.96 bits per heavy atom. The molecule has 1 aliphatic rings. The van der Waals surface area contributed by atoms with Gasteiger partial charge in [0.25, 0.3) is 5.91 Å². The van der Waals surface area contributed by atoms with Crippen molar-refractivity contribution in [2.45, 2.75) is 25.6 Å². The number of nitrogens with one attached hydrogen (secondary N) is 1. The van der Waals surface area contributed by atoms with Gasteiger partial charge in [-0.2, -0.15) is 0 Å². The monoisotopic (exact) mass is 388 g/mol. The molecule has 1 atom stereocenters. The summed E-state index contributed by atoms with van der Waals surface area (Å²) in [5.74, 6) is -0.166. The summed E-state index contributed by atoms with van der Waals surface area (Å²) in [6.45, 7) is 5.50. The second kappa shape index (κ2) is 8.10. The lowest BCUT2D eigenvalue weighted by molar-refractivity contribution is 0.00359. The zero-order valence-corrected chi connectivity index (χ0v) is 16.3. The first-order valence-electron chi connectivity index (χ1n) is 8.89. The van der Waals surface area contributed by atoms with Gasteiger partial charge >= 0.3 is 0 Å². The van der Waals surface area contributed by atoms with Crippen molar-refractivity contribution in [2.75, 3.05) is 24.5 Å². The lowest BCUT2D eigenvalue weighted by Crippen LogP contribution is -2.47. The van der Waals surface area contributed by atoms with Crippen LogP contribution in [0.25, 0.3) is 0 Å². The minimum Gasteiger partial charge on any atom is -0.377 e. The van der Waals surface area contributed by atoms with Crippen molar-refractivity contribution < 1.29 is 17.9 Å². The maximum atomic E-state index is 12.6. The van der Waals surface area contributed by atoms with Crippen LogP contribution in [0.5, 0.6) is 0 Å². The van der Waals surface area contributed by atoms with E-state index in [1.807, 2.05) is 32.0 Å². The Morgan fingerprint density at radius 3 is 2.63 bits per heavy atom. The molecule has 1 amide bonds. The molecule has 1 heterocycles. The Bertz CT molecular complexity index is 910. The van der Waals surface area contributed by atoms with E-state index in [1.54, 1.807) is 35.2 Å². The highest BCUT2D eigenvalue weighted by molar-refractivity contribution is 7.91. The third kappa shape index (κ3) is 5.08. The number of morpholine rings is 1. The van der Waals surface area contributed by atoms with Crippen molar-refractivity contribution in [3.05, 3.63) is 65.2 Å². The number of amides is 1. The third-order valence-corrected chi connectivity index (χ3v) is 5.73. The van der Waals surface area contributed by atoms with E-state index in [9.17, 15) is 13.2 Å². The molecule has 2 aromatic rings. The molecule has 0 aromatic heterocycles. The second-order valence-electron chi connectivity index (χ2n) is 6.85. The average Bonchev–Trinajstić information content (AvgIpc) is 2.61. The maximum Gasteiger partial charge on any atom is 0.254 e. The third-order valence-electron chi connectivity index (χ3n) is 4.47. The van der Waals surface area contributed by atoms with E-state index in [-0.39, 0.29) is 17.7 Å². The number of hydrogen-bond donors (Lipinski definition) is 1. The molecule has 1 fully saturated rings. The lowest BCUT2D eigenvalue weighted by atomic mass is 10.1. The van der Waals surface area contributed by atoms with Crippen LogP contribution in [-0.2, 0) is 20.5 Å². The summed E-state index contributed by atoms with van der Waals surface area (Å²) in [6.07, 6.45) is 0. The van der Waals surface area contributed by atoms with E-state index in [2.05, 4.69) is 4.72 Å². The normalized spacial score (nSPS) is 17.6. The van der Waals surface area contributed by atoms with Crippen LogP contribution in [-0.4, -0.2) is 45.0 Å². The fourth-order valence-corrected chi connectivity index (χ4v) is 4.30. The molecule has 1 unspecified atom stereocenters. The molecular formula is C20H24N2O4S. The fraction of sp³-hybridized carbons (Fsp3) is 0.350. The molecule has 144 valence electrons. The molecule has 0 bridgehead atoms. The van der Waals surface area contributed by atoms with Gasteiger partial charge < -0.3 is 9.64 Å². The highest BCUT2D eigenvalue weighted by atomic mass is 32.2. The quantitative estimate of drug-likeness (QED) is 0.855. The van der Waals surface area contributed by atoms with Crippen LogP contribution in [0.2, 0.25) is 0 Å². The van der Waals surface area contributed by atoms with Gasteiger partial charge in [-0.05, 0) is 43.7 Å². The van der Waals surface area contributed by atoms with E-state index in [0.29, 0.717) is 31.0 Å².